The van der Waals surface area contributed by atoms with Gasteiger partial charge < -0.3 is 14.9 Å². The van der Waals surface area contributed by atoms with Crippen molar-refractivity contribution in [3.8, 4) is 0 Å². The van der Waals surface area contributed by atoms with Gasteiger partial charge in [0.2, 0.25) is 0 Å². The number of hydrogen-bond acceptors (Lipinski definition) is 2. The third-order valence-corrected chi connectivity index (χ3v) is 4.31. The Hall–Kier alpha value is -1.26. The van der Waals surface area contributed by atoms with Crippen LogP contribution in [-0.2, 0) is 4.79 Å². The topological polar surface area (TPSA) is 60.9 Å². The van der Waals surface area contributed by atoms with Gasteiger partial charge in [-0.2, -0.15) is 0 Å². The highest BCUT2D eigenvalue weighted by Gasteiger charge is 2.36. The molecule has 2 amide bonds. The molecule has 1 saturated heterocycles. The molecule has 1 heterocycles. The van der Waals surface area contributed by atoms with Crippen LogP contribution in [0.2, 0.25) is 0 Å². The van der Waals surface area contributed by atoms with Crippen LogP contribution in [0.25, 0.3) is 0 Å². The lowest BCUT2D eigenvalue weighted by molar-refractivity contribution is -0.137. The van der Waals surface area contributed by atoms with Crippen LogP contribution < -0.4 is 0 Å². The van der Waals surface area contributed by atoms with Gasteiger partial charge in [-0.3, -0.25) is 4.79 Å². The molecule has 1 aliphatic heterocycles. The summed E-state index contributed by atoms with van der Waals surface area (Å²) < 4.78 is 0. The average molecular weight is 282 g/mol. The summed E-state index contributed by atoms with van der Waals surface area (Å²) in [6, 6.07) is 0.644. The maximum absolute atomic E-state index is 12.6. The van der Waals surface area contributed by atoms with Crippen LogP contribution in [0.3, 0.4) is 0 Å². The normalized spacial score (nSPS) is 22.1. The number of rotatable bonds is 7. The maximum atomic E-state index is 12.6. The van der Waals surface area contributed by atoms with Crippen molar-refractivity contribution in [1.82, 2.24) is 9.80 Å². The molecule has 5 heteroatoms. The van der Waals surface area contributed by atoms with E-state index in [1.165, 1.54) is 0 Å². The number of urea groups is 1. The van der Waals surface area contributed by atoms with E-state index in [9.17, 15) is 9.59 Å². The second-order valence-corrected chi connectivity index (χ2v) is 6.09. The van der Waals surface area contributed by atoms with E-state index in [1.807, 2.05) is 9.80 Å². The minimum absolute atomic E-state index is 0.179. The van der Waals surface area contributed by atoms with Gasteiger partial charge in [-0.1, -0.05) is 13.3 Å². The van der Waals surface area contributed by atoms with Crippen molar-refractivity contribution in [3.05, 3.63) is 0 Å². The lowest BCUT2D eigenvalue weighted by Gasteiger charge is -2.28. The molecule has 0 aromatic rings. The smallest absolute Gasteiger partial charge is 0.320 e. The first-order chi connectivity index (χ1) is 9.61. The Morgan fingerprint density at radius 2 is 2.05 bits per heavy atom. The number of carbonyl (C=O) groups is 2. The van der Waals surface area contributed by atoms with Gasteiger partial charge in [0.05, 0.1) is 0 Å². The van der Waals surface area contributed by atoms with E-state index in [0.29, 0.717) is 18.4 Å². The number of carboxylic acids is 1. The third kappa shape index (κ3) is 4.12. The number of likely N-dealkylation sites (tertiary alicyclic amines) is 1. The van der Waals surface area contributed by atoms with Gasteiger partial charge in [0.15, 0.2) is 0 Å². The predicted molar refractivity (Wildman–Crippen MR) is 76.6 cm³/mol. The minimum Gasteiger partial charge on any atom is -0.481 e. The summed E-state index contributed by atoms with van der Waals surface area (Å²) in [4.78, 5) is 27.1. The number of hydrogen-bond donors (Lipinski definition) is 1. The molecule has 1 N–H and O–H groups in total. The van der Waals surface area contributed by atoms with Gasteiger partial charge in [0.25, 0.3) is 0 Å². The van der Waals surface area contributed by atoms with E-state index in [2.05, 4.69) is 6.92 Å². The zero-order valence-corrected chi connectivity index (χ0v) is 12.4. The molecule has 0 radical (unpaired) electrons. The number of carboxylic acid groups (broad SMARTS) is 1. The highest BCUT2D eigenvalue weighted by atomic mass is 16.4. The maximum Gasteiger partial charge on any atom is 0.320 e. The van der Waals surface area contributed by atoms with Crippen LogP contribution in [0.5, 0.6) is 0 Å². The Labute approximate surface area is 120 Å². The second-order valence-electron chi connectivity index (χ2n) is 6.09. The van der Waals surface area contributed by atoms with Crippen molar-refractivity contribution in [2.45, 2.75) is 57.9 Å². The fraction of sp³-hybridized carbons (Fsp3) is 0.867. The third-order valence-electron chi connectivity index (χ3n) is 4.31. The largest absolute Gasteiger partial charge is 0.481 e. The standard InChI is InChI=1S/C15H26N2O3/c1-2-3-9-17(13-5-6-13)15(20)16-10-8-12(11-16)4-7-14(18)19/h12-13H,2-11H2,1H3,(H,18,19). The molecular weight excluding hydrogens is 256 g/mol. The molecule has 0 spiro atoms. The molecule has 1 saturated carbocycles. The summed E-state index contributed by atoms with van der Waals surface area (Å²) in [5, 5.41) is 8.73. The summed E-state index contributed by atoms with van der Waals surface area (Å²) in [5.41, 5.74) is 0. The Kier molecular flexibility index (Phi) is 5.26. The van der Waals surface area contributed by atoms with Crippen LogP contribution >= 0.6 is 0 Å². The first kappa shape index (κ1) is 15.1. The molecule has 0 aromatic carbocycles. The molecule has 1 unspecified atom stereocenters. The van der Waals surface area contributed by atoms with Crippen molar-refractivity contribution in [1.29, 1.82) is 0 Å². The molecule has 114 valence electrons. The summed E-state index contributed by atoms with van der Waals surface area (Å²) in [6.07, 6.45) is 6.32. The summed E-state index contributed by atoms with van der Waals surface area (Å²) in [6.45, 7) is 4.55. The molecule has 2 rings (SSSR count). The van der Waals surface area contributed by atoms with Crippen molar-refractivity contribution in [2.24, 2.45) is 5.92 Å². The molecule has 20 heavy (non-hydrogen) atoms. The monoisotopic (exact) mass is 282 g/mol. The highest BCUT2D eigenvalue weighted by molar-refractivity contribution is 5.75. The van der Waals surface area contributed by atoms with Crippen molar-refractivity contribution < 1.29 is 14.7 Å². The number of unbranched alkanes of at least 4 members (excludes halogenated alkanes) is 1. The number of nitrogens with zero attached hydrogens (tertiary/aromatic N) is 2. The molecule has 0 aromatic heterocycles. The van der Waals surface area contributed by atoms with Gasteiger partial charge >= 0.3 is 12.0 Å². The molecule has 2 aliphatic rings. The number of amides is 2. The van der Waals surface area contributed by atoms with E-state index in [1.54, 1.807) is 0 Å². The second kappa shape index (κ2) is 6.95. The van der Waals surface area contributed by atoms with Crippen LogP contribution in [0.15, 0.2) is 0 Å². The molecule has 1 atom stereocenters. The molecule has 0 bridgehead atoms. The fourth-order valence-electron chi connectivity index (χ4n) is 2.90. The van der Waals surface area contributed by atoms with Crippen LogP contribution in [0, 0.1) is 5.92 Å². The van der Waals surface area contributed by atoms with E-state index in [0.717, 1.165) is 51.7 Å². The predicted octanol–water partition coefficient (Wildman–Crippen LogP) is 2.56. The molecule has 5 nitrogen and oxygen atoms in total. The zero-order valence-electron chi connectivity index (χ0n) is 12.4. The van der Waals surface area contributed by atoms with Gasteiger partial charge in [-0.25, -0.2) is 4.79 Å². The minimum atomic E-state index is -0.739. The fourth-order valence-corrected chi connectivity index (χ4v) is 2.90. The van der Waals surface area contributed by atoms with Crippen molar-refractivity contribution >= 4 is 12.0 Å². The van der Waals surface area contributed by atoms with E-state index >= 15 is 0 Å². The Morgan fingerprint density at radius 3 is 2.65 bits per heavy atom. The first-order valence-electron chi connectivity index (χ1n) is 7.89. The SMILES string of the molecule is CCCCN(C(=O)N1CCC(CCC(=O)O)C1)C1CC1. The molecule has 2 fully saturated rings. The van der Waals surface area contributed by atoms with Gasteiger partial charge in [-0.05, 0) is 38.0 Å². The van der Waals surface area contributed by atoms with Gasteiger partial charge in [0, 0.05) is 32.1 Å². The van der Waals surface area contributed by atoms with Crippen molar-refractivity contribution in [2.75, 3.05) is 19.6 Å². The molecule has 1 aliphatic carbocycles. The van der Waals surface area contributed by atoms with E-state index < -0.39 is 5.97 Å². The van der Waals surface area contributed by atoms with Crippen molar-refractivity contribution in [3.63, 3.8) is 0 Å². The average Bonchev–Trinajstić information content (AvgIpc) is 3.14. The number of carbonyl (C=O) groups excluding carboxylic acids is 1. The quantitative estimate of drug-likeness (QED) is 0.780. The van der Waals surface area contributed by atoms with E-state index in [4.69, 9.17) is 5.11 Å². The highest BCUT2D eigenvalue weighted by Crippen LogP contribution is 2.30. The zero-order chi connectivity index (χ0) is 14.5. The van der Waals surface area contributed by atoms with Gasteiger partial charge in [-0.15, -0.1) is 0 Å². The van der Waals surface area contributed by atoms with Gasteiger partial charge in [0.1, 0.15) is 0 Å². The molecular formula is C15H26N2O3. The van der Waals surface area contributed by atoms with Crippen LogP contribution in [0.4, 0.5) is 4.79 Å². The summed E-state index contributed by atoms with van der Waals surface area (Å²) >= 11 is 0. The van der Waals surface area contributed by atoms with Crippen LogP contribution in [0.1, 0.15) is 51.9 Å². The lowest BCUT2D eigenvalue weighted by Crippen LogP contribution is -2.43. The Balaban J connectivity index is 1.81. The van der Waals surface area contributed by atoms with E-state index in [-0.39, 0.29) is 12.5 Å². The first-order valence-corrected chi connectivity index (χ1v) is 7.89. The lowest BCUT2D eigenvalue weighted by atomic mass is 10.0. The summed E-state index contributed by atoms with van der Waals surface area (Å²) in [5.74, 6) is -0.375. The summed E-state index contributed by atoms with van der Waals surface area (Å²) in [7, 11) is 0. The Bertz CT molecular complexity index is 355. The number of aliphatic carboxylic acids is 1. The van der Waals surface area contributed by atoms with Crippen LogP contribution in [-0.4, -0.2) is 52.6 Å². The Morgan fingerprint density at radius 1 is 1.30 bits per heavy atom.